The van der Waals surface area contributed by atoms with E-state index in [2.05, 4.69) is 20.6 Å². The van der Waals surface area contributed by atoms with E-state index in [-0.39, 0.29) is 11.7 Å². The first kappa shape index (κ1) is 19.4. The summed E-state index contributed by atoms with van der Waals surface area (Å²) in [5.41, 5.74) is 4.48. The van der Waals surface area contributed by atoms with Crippen LogP contribution < -0.4 is 5.32 Å². The number of halogens is 1. The lowest BCUT2D eigenvalue weighted by Gasteiger charge is -2.09. The number of hydrogen-bond donors (Lipinski definition) is 1. The topological polar surface area (TPSA) is 72.2 Å². The van der Waals surface area contributed by atoms with E-state index in [0.29, 0.717) is 21.5 Å². The van der Waals surface area contributed by atoms with Crippen LogP contribution in [0.15, 0.2) is 59.6 Å². The zero-order chi connectivity index (χ0) is 20.4. The van der Waals surface area contributed by atoms with Crippen LogP contribution in [0.2, 0.25) is 5.02 Å². The molecule has 0 unspecified atom stereocenters. The van der Waals surface area contributed by atoms with Crippen molar-refractivity contribution in [2.75, 3.05) is 11.1 Å². The van der Waals surface area contributed by atoms with E-state index in [1.165, 1.54) is 11.8 Å². The van der Waals surface area contributed by atoms with Gasteiger partial charge in [-0.3, -0.25) is 4.79 Å². The fourth-order valence-corrected chi connectivity index (χ4v) is 3.61. The summed E-state index contributed by atoms with van der Waals surface area (Å²) in [5, 5.41) is 17.3. The highest BCUT2D eigenvalue weighted by atomic mass is 35.5. The maximum Gasteiger partial charge on any atom is 0.234 e. The molecule has 0 spiro atoms. The second-order valence-electron chi connectivity index (χ2n) is 6.63. The first-order chi connectivity index (χ1) is 14.0. The second kappa shape index (κ2) is 8.23. The maximum atomic E-state index is 12.4. The molecule has 2 aromatic carbocycles. The summed E-state index contributed by atoms with van der Waals surface area (Å²) in [6.07, 6.45) is 0. The molecule has 1 N–H and O–H groups in total. The molecular weight excluding hydrogens is 406 g/mol. The minimum Gasteiger partial charge on any atom is -0.325 e. The molecule has 0 aliphatic carbocycles. The Kier molecular flexibility index (Phi) is 5.51. The van der Waals surface area contributed by atoms with Gasteiger partial charge in [-0.1, -0.05) is 35.5 Å². The quantitative estimate of drug-likeness (QED) is 0.467. The van der Waals surface area contributed by atoms with E-state index in [1.54, 1.807) is 16.6 Å². The van der Waals surface area contributed by atoms with Crippen molar-refractivity contribution in [1.82, 2.24) is 19.8 Å². The lowest BCUT2D eigenvalue weighted by atomic mass is 10.1. The lowest BCUT2D eigenvalue weighted by Crippen LogP contribution is -2.15. The van der Waals surface area contributed by atoms with Crippen molar-refractivity contribution < 1.29 is 4.79 Å². The van der Waals surface area contributed by atoms with Gasteiger partial charge in [-0.15, -0.1) is 10.2 Å². The summed E-state index contributed by atoms with van der Waals surface area (Å²) in [6.45, 7) is 3.97. The number of thioether (sulfide) groups is 1. The van der Waals surface area contributed by atoms with Gasteiger partial charge in [0.1, 0.15) is 5.03 Å². The van der Waals surface area contributed by atoms with Crippen LogP contribution in [0, 0.1) is 13.8 Å². The highest BCUT2D eigenvalue weighted by Crippen LogP contribution is 2.23. The molecule has 29 heavy (non-hydrogen) atoms. The van der Waals surface area contributed by atoms with Crippen LogP contribution in [-0.2, 0) is 4.79 Å². The van der Waals surface area contributed by atoms with Gasteiger partial charge in [0.25, 0.3) is 0 Å². The van der Waals surface area contributed by atoms with Crippen LogP contribution in [0.1, 0.15) is 11.1 Å². The van der Waals surface area contributed by atoms with Gasteiger partial charge in [0.2, 0.25) is 5.91 Å². The number of carbonyl (C=O) groups excluding carboxylic acids is 1. The predicted molar refractivity (Wildman–Crippen MR) is 116 cm³/mol. The molecule has 0 bridgehead atoms. The number of nitrogens with zero attached hydrogens (tertiary/aromatic N) is 4. The summed E-state index contributed by atoms with van der Waals surface area (Å²) in [4.78, 5) is 12.4. The van der Waals surface area contributed by atoms with Gasteiger partial charge < -0.3 is 5.32 Å². The zero-order valence-electron chi connectivity index (χ0n) is 15.9. The number of nitrogens with one attached hydrogen (secondary N) is 1. The van der Waals surface area contributed by atoms with Crippen molar-refractivity contribution in [3.63, 3.8) is 0 Å². The van der Waals surface area contributed by atoms with Crippen LogP contribution in [-0.4, -0.2) is 31.5 Å². The van der Waals surface area contributed by atoms with Crippen molar-refractivity contribution in [2.45, 2.75) is 18.9 Å². The molecule has 6 nitrogen and oxygen atoms in total. The van der Waals surface area contributed by atoms with Gasteiger partial charge in [0.05, 0.1) is 5.75 Å². The van der Waals surface area contributed by atoms with E-state index >= 15 is 0 Å². The Balaban J connectivity index is 1.49. The first-order valence-corrected chi connectivity index (χ1v) is 10.3. The molecule has 0 saturated heterocycles. The van der Waals surface area contributed by atoms with Gasteiger partial charge in [-0.25, -0.2) is 0 Å². The molecule has 0 fully saturated rings. The van der Waals surface area contributed by atoms with Gasteiger partial charge in [0.15, 0.2) is 11.5 Å². The normalized spacial score (nSPS) is 11.0. The van der Waals surface area contributed by atoms with Crippen molar-refractivity contribution >= 4 is 40.6 Å². The number of benzene rings is 2. The largest absolute Gasteiger partial charge is 0.325 e. The predicted octanol–water partition coefficient (Wildman–Crippen LogP) is 4.79. The first-order valence-electron chi connectivity index (χ1n) is 8.98. The van der Waals surface area contributed by atoms with Gasteiger partial charge in [-0.2, -0.15) is 9.61 Å². The van der Waals surface area contributed by atoms with E-state index < -0.39 is 0 Å². The zero-order valence-corrected chi connectivity index (χ0v) is 17.5. The summed E-state index contributed by atoms with van der Waals surface area (Å²) >= 11 is 7.33. The van der Waals surface area contributed by atoms with Crippen LogP contribution in [0.4, 0.5) is 5.69 Å². The summed E-state index contributed by atoms with van der Waals surface area (Å²) in [6, 6.07) is 17.0. The molecular formula is C21H18ClN5OS. The van der Waals surface area contributed by atoms with E-state index in [1.807, 2.05) is 56.3 Å². The van der Waals surface area contributed by atoms with Crippen LogP contribution >= 0.6 is 23.4 Å². The number of fused-ring (bicyclic) bond motifs is 1. The molecule has 0 atom stereocenters. The average molecular weight is 424 g/mol. The van der Waals surface area contributed by atoms with E-state index in [9.17, 15) is 4.79 Å². The third kappa shape index (κ3) is 4.41. The SMILES string of the molecule is Cc1ccc(C)c(NC(=O)CSc2ccc3nnc(-c4ccc(Cl)cc4)n3n2)c1. The van der Waals surface area contributed by atoms with Crippen LogP contribution in [0.25, 0.3) is 17.0 Å². The summed E-state index contributed by atoms with van der Waals surface area (Å²) in [5.74, 6) is 0.802. The van der Waals surface area contributed by atoms with Crippen molar-refractivity contribution in [1.29, 1.82) is 0 Å². The number of anilines is 1. The van der Waals surface area contributed by atoms with Crippen molar-refractivity contribution in [3.8, 4) is 11.4 Å². The Morgan fingerprint density at radius 2 is 1.86 bits per heavy atom. The molecule has 4 aromatic rings. The maximum absolute atomic E-state index is 12.4. The minimum absolute atomic E-state index is 0.0766. The van der Waals surface area contributed by atoms with Gasteiger partial charge >= 0.3 is 0 Å². The van der Waals surface area contributed by atoms with E-state index in [0.717, 1.165) is 22.4 Å². The number of amides is 1. The molecule has 8 heteroatoms. The number of aromatic nitrogens is 4. The number of aryl methyl sites for hydroxylation is 2. The third-order valence-electron chi connectivity index (χ3n) is 4.36. The number of rotatable bonds is 5. The molecule has 146 valence electrons. The molecule has 0 aliphatic heterocycles. The molecule has 0 radical (unpaired) electrons. The monoisotopic (exact) mass is 423 g/mol. The smallest absolute Gasteiger partial charge is 0.234 e. The standard InChI is InChI=1S/C21H18ClN5OS/c1-13-3-4-14(2)17(11-13)23-19(28)12-29-20-10-9-18-24-25-21(27(18)26-20)15-5-7-16(22)8-6-15/h3-11H,12H2,1-2H3,(H,23,28). The molecule has 1 amide bonds. The third-order valence-corrected chi connectivity index (χ3v) is 5.53. The van der Waals surface area contributed by atoms with Crippen molar-refractivity contribution in [2.24, 2.45) is 0 Å². The minimum atomic E-state index is -0.0766. The Morgan fingerprint density at radius 1 is 1.07 bits per heavy atom. The molecule has 4 rings (SSSR count). The van der Waals surface area contributed by atoms with Crippen LogP contribution in [0.5, 0.6) is 0 Å². The molecule has 0 saturated carbocycles. The second-order valence-corrected chi connectivity index (χ2v) is 8.06. The lowest BCUT2D eigenvalue weighted by molar-refractivity contribution is -0.113. The highest BCUT2D eigenvalue weighted by molar-refractivity contribution is 7.99. The Bertz CT molecular complexity index is 1190. The average Bonchev–Trinajstić information content (AvgIpc) is 3.13. The fraction of sp³-hybridized carbons (Fsp3) is 0.143. The Labute approximate surface area is 177 Å². The number of carbonyl (C=O) groups is 1. The summed E-state index contributed by atoms with van der Waals surface area (Å²) < 4.78 is 1.67. The van der Waals surface area contributed by atoms with Gasteiger partial charge in [-0.05, 0) is 67.4 Å². The Morgan fingerprint density at radius 3 is 2.66 bits per heavy atom. The molecule has 2 aromatic heterocycles. The molecule has 0 aliphatic rings. The van der Waals surface area contributed by atoms with Crippen molar-refractivity contribution in [3.05, 3.63) is 70.7 Å². The Hall–Kier alpha value is -2.90. The summed E-state index contributed by atoms with van der Waals surface area (Å²) in [7, 11) is 0. The number of hydrogen-bond acceptors (Lipinski definition) is 5. The van der Waals surface area contributed by atoms with Crippen LogP contribution in [0.3, 0.4) is 0 Å². The van der Waals surface area contributed by atoms with E-state index in [4.69, 9.17) is 11.6 Å². The van der Waals surface area contributed by atoms with Gasteiger partial charge in [0, 0.05) is 16.3 Å². The molecule has 2 heterocycles. The highest BCUT2D eigenvalue weighted by Gasteiger charge is 2.12. The fourth-order valence-electron chi connectivity index (χ4n) is 2.82.